The minimum Gasteiger partial charge on any atom is -0.389 e. The first-order valence-electron chi connectivity index (χ1n) is 6.58. The zero-order chi connectivity index (χ0) is 15.6. The fraction of sp³-hybridized carbons (Fsp3) is 0.357. The molecule has 0 radical (unpaired) electrons. The SMILES string of the molecule is CCSc1cccc(NC2CC(=O)N(C)C2=O)c1C(N)=S. The Kier molecular flexibility index (Phi) is 4.84. The number of hydrogen-bond donors (Lipinski definition) is 2. The molecule has 1 aliphatic heterocycles. The largest absolute Gasteiger partial charge is 0.389 e. The van der Waals surface area contributed by atoms with E-state index in [1.54, 1.807) is 11.8 Å². The molecule has 1 aromatic carbocycles. The van der Waals surface area contributed by atoms with Crippen molar-refractivity contribution in [3.8, 4) is 0 Å². The van der Waals surface area contributed by atoms with E-state index in [2.05, 4.69) is 5.32 Å². The van der Waals surface area contributed by atoms with Gasteiger partial charge in [0.2, 0.25) is 5.91 Å². The van der Waals surface area contributed by atoms with Crippen molar-refractivity contribution in [2.24, 2.45) is 5.73 Å². The summed E-state index contributed by atoms with van der Waals surface area (Å²) in [4.78, 5) is 26.0. The molecule has 2 amide bonds. The number of hydrogen-bond acceptors (Lipinski definition) is 5. The van der Waals surface area contributed by atoms with Crippen LogP contribution in [-0.2, 0) is 9.59 Å². The standard InChI is InChI=1S/C14H17N3O2S2/c1-3-21-10-6-4-5-8(12(10)13(15)20)16-9-7-11(18)17(2)14(9)19/h4-6,9,16H,3,7H2,1-2H3,(H2,15,20). The summed E-state index contributed by atoms with van der Waals surface area (Å²) >= 11 is 6.76. The number of thioether (sulfide) groups is 1. The molecule has 21 heavy (non-hydrogen) atoms. The minimum atomic E-state index is -0.558. The maximum absolute atomic E-state index is 12.0. The zero-order valence-corrected chi connectivity index (χ0v) is 13.5. The van der Waals surface area contributed by atoms with Crippen molar-refractivity contribution in [3.63, 3.8) is 0 Å². The van der Waals surface area contributed by atoms with Gasteiger partial charge in [0.25, 0.3) is 5.91 Å². The molecule has 1 heterocycles. The molecule has 7 heteroatoms. The smallest absolute Gasteiger partial charge is 0.251 e. The third-order valence-corrected chi connectivity index (χ3v) is 4.43. The maximum Gasteiger partial charge on any atom is 0.251 e. The van der Waals surface area contributed by atoms with Crippen molar-refractivity contribution in [1.82, 2.24) is 4.90 Å². The second kappa shape index (κ2) is 6.44. The van der Waals surface area contributed by atoms with Gasteiger partial charge in [0.15, 0.2) is 0 Å². The van der Waals surface area contributed by atoms with Crippen LogP contribution in [0.3, 0.4) is 0 Å². The van der Waals surface area contributed by atoms with E-state index >= 15 is 0 Å². The molecule has 1 unspecified atom stereocenters. The van der Waals surface area contributed by atoms with Crippen LogP contribution < -0.4 is 11.1 Å². The third kappa shape index (κ3) is 3.19. The topological polar surface area (TPSA) is 75.4 Å². The lowest BCUT2D eigenvalue weighted by Crippen LogP contribution is -2.32. The van der Waals surface area contributed by atoms with Gasteiger partial charge >= 0.3 is 0 Å². The predicted octanol–water partition coefficient (Wildman–Crippen LogP) is 1.60. The molecule has 1 aliphatic rings. The van der Waals surface area contributed by atoms with E-state index in [4.69, 9.17) is 18.0 Å². The molecule has 0 spiro atoms. The van der Waals surface area contributed by atoms with Crippen molar-refractivity contribution >= 4 is 46.5 Å². The van der Waals surface area contributed by atoms with Crippen LogP contribution in [0.15, 0.2) is 23.1 Å². The molecule has 112 valence electrons. The Morgan fingerprint density at radius 1 is 1.52 bits per heavy atom. The molecule has 0 bridgehead atoms. The molecular weight excluding hydrogens is 306 g/mol. The second-order valence-corrected chi connectivity index (χ2v) is 6.41. The summed E-state index contributed by atoms with van der Waals surface area (Å²) in [5, 5.41) is 3.11. The Bertz CT molecular complexity index is 604. The third-order valence-electron chi connectivity index (χ3n) is 3.28. The van der Waals surface area contributed by atoms with E-state index in [0.717, 1.165) is 21.1 Å². The lowest BCUT2D eigenvalue weighted by molar-refractivity contribution is -0.136. The summed E-state index contributed by atoms with van der Waals surface area (Å²) < 4.78 is 0. The number of likely N-dealkylation sites (N-methyl/N-ethyl adjacent to an activating group) is 1. The van der Waals surface area contributed by atoms with Gasteiger partial charge in [0, 0.05) is 23.2 Å². The van der Waals surface area contributed by atoms with E-state index in [1.807, 2.05) is 25.1 Å². The minimum absolute atomic E-state index is 0.150. The first-order valence-corrected chi connectivity index (χ1v) is 7.97. The first kappa shape index (κ1) is 15.8. The van der Waals surface area contributed by atoms with Gasteiger partial charge in [0.1, 0.15) is 11.0 Å². The summed E-state index contributed by atoms with van der Waals surface area (Å²) in [5.41, 5.74) is 7.25. The molecule has 5 nitrogen and oxygen atoms in total. The molecule has 1 atom stereocenters. The van der Waals surface area contributed by atoms with Crippen LogP contribution in [0.4, 0.5) is 5.69 Å². The highest BCUT2D eigenvalue weighted by molar-refractivity contribution is 7.99. The van der Waals surface area contributed by atoms with Gasteiger partial charge in [-0.05, 0) is 17.9 Å². The van der Waals surface area contributed by atoms with Crippen LogP contribution in [0.5, 0.6) is 0 Å². The monoisotopic (exact) mass is 323 g/mol. The van der Waals surface area contributed by atoms with Crippen molar-refractivity contribution in [2.75, 3.05) is 18.1 Å². The Hall–Kier alpha value is -1.60. The highest BCUT2D eigenvalue weighted by Crippen LogP contribution is 2.30. The molecule has 0 aliphatic carbocycles. The number of nitrogens with two attached hydrogens (primary N) is 1. The number of nitrogens with zero attached hydrogens (tertiary/aromatic N) is 1. The van der Waals surface area contributed by atoms with Gasteiger partial charge in [0.05, 0.1) is 6.42 Å². The van der Waals surface area contributed by atoms with Crippen molar-refractivity contribution < 1.29 is 9.59 Å². The van der Waals surface area contributed by atoms with E-state index in [1.165, 1.54) is 7.05 Å². The zero-order valence-electron chi connectivity index (χ0n) is 11.9. The maximum atomic E-state index is 12.0. The van der Waals surface area contributed by atoms with Crippen LogP contribution >= 0.6 is 24.0 Å². The summed E-state index contributed by atoms with van der Waals surface area (Å²) in [5.74, 6) is 0.471. The van der Waals surface area contributed by atoms with Crippen molar-refractivity contribution in [2.45, 2.75) is 24.3 Å². The predicted molar refractivity (Wildman–Crippen MR) is 88.5 cm³/mol. The number of anilines is 1. The van der Waals surface area contributed by atoms with E-state index in [9.17, 15) is 9.59 Å². The van der Waals surface area contributed by atoms with E-state index in [0.29, 0.717) is 5.69 Å². The van der Waals surface area contributed by atoms with Crippen LogP contribution in [0, 0.1) is 0 Å². The van der Waals surface area contributed by atoms with E-state index in [-0.39, 0.29) is 23.2 Å². The Labute approximate surface area is 133 Å². The Morgan fingerprint density at radius 3 is 2.76 bits per heavy atom. The number of benzene rings is 1. The van der Waals surface area contributed by atoms with Crippen molar-refractivity contribution in [3.05, 3.63) is 23.8 Å². The van der Waals surface area contributed by atoms with Gasteiger partial charge in [-0.1, -0.05) is 25.2 Å². The number of nitrogens with one attached hydrogen (secondary N) is 1. The van der Waals surface area contributed by atoms with Crippen molar-refractivity contribution in [1.29, 1.82) is 0 Å². The van der Waals surface area contributed by atoms with Crippen LogP contribution in [-0.4, -0.2) is 40.5 Å². The van der Waals surface area contributed by atoms with Gasteiger partial charge < -0.3 is 11.1 Å². The molecule has 0 saturated carbocycles. The second-order valence-electron chi connectivity index (χ2n) is 4.67. The molecule has 0 aromatic heterocycles. The fourth-order valence-electron chi connectivity index (χ4n) is 2.24. The van der Waals surface area contributed by atoms with Crippen LogP contribution in [0.2, 0.25) is 0 Å². The fourth-order valence-corrected chi connectivity index (χ4v) is 3.37. The van der Waals surface area contributed by atoms with E-state index < -0.39 is 6.04 Å². The quantitative estimate of drug-likeness (QED) is 0.487. The molecule has 2 rings (SSSR count). The molecule has 1 fully saturated rings. The van der Waals surface area contributed by atoms with Gasteiger partial charge in [-0.15, -0.1) is 11.8 Å². The Morgan fingerprint density at radius 2 is 2.24 bits per heavy atom. The summed E-state index contributed by atoms with van der Waals surface area (Å²) in [7, 11) is 1.49. The van der Waals surface area contributed by atoms with Gasteiger partial charge in [-0.25, -0.2) is 0 Å². The van der Waals surface area contributed by atoms with Crippen LogP contribution in [0.25, 0.3) is 0 Å². The molecule has 3 N–H and O–H groups in total. The normalized spacial score (nSPS) is 18.2. The lowest BCUT2D eigenvalue weighted by Gasteiger charge is -2.17. The van der Waals surface area contributed by atoms with Crippen LogP contribution in [0.1, 0.15) is 18.9 Å². The van der Waals surface area contributed by atoms with Gasteiger partial charge in [-0.3, -0.25) is 14.5 Å². The first-order chi connectivity index (χ1) is 9.95. The molecular formula is C14H17N3O2S2. The number of likely N-dealkylation sites (tertiary alicyclic amines) is 1. The number of thiocarbonyl (C=S) groups is 1. The summed E-state index contributed by atoms with van der Waals surface area (Å²) in [6.45, 7) is 2.04. The number of rotatable bonds is 5. The summed E-state index contributed by atoms with van der Waals surface area (Å²) in [6.07, 6.45) is 0.150. The average Bonchev–Trinajstić information content (AvgIpc) is 2.67. The highest BCUT2D eigenvalue weighted by Gasteiger charge is 2.36. The number of amides is 2. The average molecular weight is 323 g/mol. The lowest BCUT2D eigenvalue weighted by atomic mass is 10.1. The molecule has 1 saturated heterocycles. The molecule has 1 aromatic rings. The number of carbonyl (C=O) groups excluding carboxylic acids is 2. The summed E-state index contributed by atoms with van der Waals surface area (Å²) in [6, 6.07) is 5.09. The number of imide groups is 1. The van der Waals surface area contributed by atoms with Gasteiger partial charge in [-0.2, -0.15) is 0 Å². The Balaban J connectivity index is 2.32. The highest BCUT2D eigenvalue weighted by atomic mass is 32.2. The number of carbonyl (C=O) groups is 2.